The van der Waals surface area contributed by atoms with Crippen molar-refractivity contribution in [3.05, 3.63) is 84.3 Å². The number of hydrogen-bond acceptors (Lipinski definition) is 6. The summed E-state index contributed by atoms with van der Waals surface area (Å²) in [5.74, 6) is -0.0690. The van der Waals surface area contributed by atoms with E-state index in [2.05, 4.69) is 22.5 Å². The summed E-state index contributed by atoms with van der Waals surface area (Å²) in [6.45, 7) is 7.00. The second-order valence-corrected chi connectivity index (χ2v) is 11.8. The van der Waals surface area contributed by atoms with Gasteiger partial charge in [-0.25, -0.2) is 4.98 Å². The van der Waals surface area contributed by atoms with Crippen LogP contribution in [0, 0.1) is 5.92 Å². The van der Waals surface area contributed by atoms with Gasteiger partial charge in [-0.1, -0.05) is 87.9 Å². The molecule has 0 bridgehead atoms. The van der Waals surface area contributed by atoms with E-state index in [0.717, 1.165) is 43.5 Å². The van der Waals surface area contributed by atoms with E-state index in [1.54, 1.807) is 30.9 Å². The standard InChI is InChI=1S/C33H44N6O4.CH4/c1-4-11-24-16-18-38(19-17-24)31(41)29(26-14-9-6-10-15-26)39-20-28(35-23-39)37-30(40)27(36-32(42)33(2,3)34)22-43-21-25-12-7-5-8-13-25;/h5-10,12-15,20,23-24,27,29H,4,11,16-19,21-22,34H2,1-3H3,(H,36,42)(H,37,40);1H4/t27-,29?;/m1./s1. The Bertz CT molecular complexity index is 1330. The van der Waals surface area contributed by atoms with Crippen molar-refractivity contribution in [2.45, 2.75) is 78.1 Å². The molecular formula is C34H48N6O4. The van der Waals surface area contributed by atoms with Crippen molar-refractivity contribution in [3.63, 3.8) is 0 Å². The van der Waals surface area contributed by atoms with E-state index in [9.17, 15) is 14.4 Å². The highest BCUT2D eigenvalue weighted by atomic mass is 16.5. The van der Waals surface area contributed by atoms with Crippen LogP contribution in [0.4, 0.5) is 5.82 Å². The summed E-state index contributed by atoms with van der Waals surface area (Å²) in [5.41, 5.74) is 6.56. The third-order valence-electron chi connectivity index (χ3n) is 7.73. The van der Waals surface area contributed by atoms with Crippen LogP contribution in [0.25, 0.3) is 0 Å². The quantitative estimate of drug-likeness (QED) is 0.263. The molecule has 3 amide bonds. The molecule has 1 aliphatic heterocycles. The number of rotatable bonds is 13. The van der Waals surface area contributed by atoms with Crippen LogP contribution in [-0.2, 0) is 25.7 Å². The van der Waals surface area contributed by atoms with Gasteiger partial charge in [0.05, 0.1) is 25.1 Å². The first kappa shape index (κ1) is 34.5. The lowest BCUT2D eigenvalue weighted by Crippen LogP contribution is -2.56. The van der Waals surface area contributed by atoms with Gasteiger partial charge >= 0.3 is 0 Å². The number of imidazole rings is 1. The Hall–Kier alpha value is -4.02. The number of nitrogens with one attached hydrogen (secondary N) is 2. The molecular weight excluding hydrogens is 556 g/mol. The Kier molecular flexibility index (Phi) is 12.7. The average Bonchev–Trinajstić information content (AvgIpc) is 3.45. The Morgan fingerprint density at radius 2 is 1.68 bits per heavy atom. The van der Waals surface area contributed by atoms with Gasteiger partial charge in [0, 0.05) is 19.3 Å². The van der Waals surface area contributed by atoms with Crippen LogP contribution in [0.3, 0.4) is 0 Å². The van der Waals surface area contributed by atoms with Gasteiger partial charge in [-0.3, -0.25) is 14.4 Å². The zero-order chi connectivity index (χ0) is 30.8. The van der Waals surface area contributed by atoms with Crippen LogP contribution in [0.1, 0.15) is 71.0 Å². The van der Waals surface area contributed by atoms with Crippen LogP contribution >= 0.6 is 0 Å². The zero-order valence-corrected chi connectivity index (χ0v) is 25.4. The molecule has 10 nitrogen and oxygen atoms in total. The van der Waals surface area contributed by atoms with E-state index in [-0.39, 0.29) is 32.4 Å². The SMILES string of the molecule is C.CCCC1CCN(C(=O)C(c2ccccc2)n2cnc(NC(=O)[C@@H](COCc3ccccc3)NC(=O)C(C)(C)N)c2)CC1. The van der Waals surface area contributed by atoms with E-state index < -0.39 is 29.4 Å². The molecule has 10 heteroatoms. The first-order valence-corrected chi connectivity index (χ1v) is 15.0. The van der Waals surface area contributed by atoms with Crippen molar-refractivity contribution < 1.29 is 19.1 Å². The third kappa shape index (κ3) is 9.49. The average molecular weight is 605 g/mol. The highest BCUT2D eigenvalue weighted by Gasteiger charge is 2.32. The number of piperidine rings is 1. The van der Waals surface area contributed by atoms with Gasteiger partial charge in [0.1, 0.15) is 12.1 Å². The smallest absolute Gasteiger partial charge is 0.250 e. The summed E-state index contributed by atoms with van der Waals surface area (Å²) in [6, 6.07) is 17.5. The molecule has 0 saturated carbocycles. The summed E-state index contributed by atoms with van der Waals surface area (Å²) in [7, 11) is 0. The molecule has 44 heavy (non-hydrogen) atoms. The molecule has 4 N–H and O–H groups in total. The Balaban J connectivity index is 0.00000529. The Morgan fingerprint density at radius 3 is 2.30 bits per heavy atom. The van der Waals surface area contributed by atoms with Crippen molar-refractivity contribution >= 4 is 23.5 Å². The number of hydrogen-bond donors (Lipinski definition) is 3. The number of carbonyl (C=O) groups is 3. The fraction of sp³-hybridized carbons (Fsp3) is 0.471. The highest BCUT2D eigenvalue weighted by Crippen LogP contribution is 2.27. The molecule has 4 rings (SSSR count). The van der Waals surface area contributed by atoms with E-state index >= 15 is 0 Å². The molecule has 1 aliphatic rings. The predicted molar refractivity (Wildman–Crippen MR) is 173 cm³/mol. The second-order valence-electron chi connectivity index (χ2n) is 11.8. The topological polar surface area (TPSA) is 132 Å². The van der Waals surface area contributed by atoms with Crippen molar-refractivity contribution in [1.29, 1.82) is 0 Å². The van der Waals surface area contributed by atoms with Gasteiger partial charge in [-0.2, -0.15) is 0 Å². The van der Waals surface area contributed by atoms with Crippen LogP contribution in [0.5, 0.6) is 0 Å². The second kappa shape index (κ2) is 16.2. The van der Waals surface area contributed by atoms with Gasteiger partial charge in [0.25, 0.3) is 5.91 Å². The lowest BCUT2D eigenvalue weighted by atomic mass is 9.92. The van der Waals surface area contributed by atoms with E-state index in [0.29, 0.717) is 5.92 Å². The fourth-order valence-corrected chi connectivity index (χ4v) is 5.25. The summed E-state index contributed by atoms with van der Waals surface area (Å²) in [4.78, 5) is 46.2. The third-order valence-corrected chi connectivity index (χ3v) is 7.73. The molecule has 2 heterocycles. The number of nitrogens with two attached hydrogens (primary N) is 1. The minimum absolute atomic E-state index is 0. The number of ether oxygens (including phenoxy) is 1. The van der Waals surface area contributed by atoms with E-state index in [1.165, 1.54) is 6.42 Å². The molecule has 1 saturated heterocycles. The normalized spacial score (nSPS) is 15.1. The first-order valence-electron chi connectivity index (χ1n) is 15.0. The first-order chi connectivity index (χ1) is 20.7. The van der Waals surface area contributed by atoms with Gasteiger partial charge < -0.3 is 30.6 Å². The monoisotopic (exact) mass is 604 g/mol. The minimum atomic E-state index is -1.19. The summed E-state index contributed by atoms with van der Waals surface area (Å²) >= 11 is 0. The Labute approximate surface area is 261 Å². The van der Waals surface area contributed by atoms with Crippen LogP contribution < -0.4 is 16.4 Å². The maximum absolute atomic E-state index is 13.9. The van der Waals surface area contributed by atoms with Crippen molar-refractivity contribution in [2.24, 2.45) is 11.7 Å². The molecule has 3 aromatic rings. The van der Waals surface area contributed by atoms with Crippen molar-refractivity contribution in [3.8, 4) is 0 Å². The minimum Gasteiger partial charge on any atom is -0.374 e. The molecule has 1 aromatic heterocycles. The maximum Gasteiger partial charge on any atom is 0.250 e. The Morgan fingerprint density at radius 1 is 1.05 bits per heavy atom. The summed E-state index contributed by atoms with van der Waals surface area (Å²) in [6.07, 6.45) is 7.56. The number of likely N-dealkylation sites (tertiary alicyclic amines) is 1. The summed E-state index contributed by atoms with van der Waals surface area (Å²) in [5, 5.41) is 5.48. The molecule has 0 radical (unpaired) electrons. The molecule has 0 aliphatic carbocycles. The largest absolute Gasteiger partial charge is 0.374 e. The van der Waals surface area contributed by atoms with Gasteiger partial charge in [0.15, 0.2) is 5.82 Å². The van der Waals surface area contributed by atoms with Gasteiger partial charge in [-0.05, 0) is 43.7 Å². The number of carbonyl (C=O) groups excluding carboxylic acids is 3. The number of amides is 3. The zero-order valence-electron chi connectivity index (χ0n) is 25.4. The van der Waals surface area contributed by atoms with E-state index in [1.807, 2.05) is 65.6 Å². The van der Waals surface area contributed by atoms with Crippen molar-refractivity contribution in [1.82, 2.24) is 19.8 Å². The van der Waals surface area contributed by atoms with Gasteiger partial charge in [0.2, 0.25) is 11.8 Å². The van der Waals surface area contributed by atoms with Gasteiger partial charge in [-0.15, -0.1) is 0 Å². The fourth-order valence-electron chi connectivity index (χ4n) is 5.25. The number of aromatic nitrogens is 2. The predicted octanol–water partition coefficient (Wildman–Crippen LogP) is 4.52. The molecule has 2 aromatic carbocycles. The molecule has 238 valence electrons. The molecule has 1 unspecified atom stereocenters. The highest BCUT2D eigenvalue weighted by molar-refractivity contribution is 5.98. The van der Waals surface area contributed by atoms with E-state index in [4.69, 9.17) is 10.5 Å². The van der Waals surface area contributed by atoms with Crippen LogP contribution in [-0.4, -0.2) is 63.4 Å². The lowest BCUT2D eigenvalue weighted by molar-refractivity contribution is -0.135. The summed E-state index contributed by atoms with van der Waals surface area (Å²) < 4.78 is 7.51. The van der Waals surface area contributed by atoms with Crippen LogP contribution in [0.15, 0.2) is 73.2 Å². The van der Waals surface area contributed by atoms with Crippen LogP contribution in [0.2, 0.25) is 0 Å². The molecule has 0 spiro atoms. The number of benzene rings is 2. The number of nitrogens with zero attached hydrogens (tertiary/aromatic N) is 3. The molecule has 1 fully saturated rings. The maximum atomic E-state index is 13.9. The number of anilines is 1. The lowest BCUT2D eigenvalue weighted by Gasteiger charge is -2.34. The molecule has 2 atom stereocenters. The van der Waals surface area contributed by atoms with Crippen molar-refractivity contribution in [2.75, 3.05) is 25.0 Å².